The summed E-state index contributed by atoms with van der Waals surface area (Å²) in [6.07, 6.45) is -1.48. The van der Waals surface area contributed by atoms with Crippen LogP contribution in [-0.4, -0.2) is 60.2 Å². The first-order valence-corrected chi connectivity index (χ1v) is 6.40. The van der Waals surface area contributed by atoms with Gasteiger partial charge in [0.05, 0.1) is 13.2 Å². The fourth-order valence-corrected chi connectivity index (χ4v) is 3.02. The van der Waals surface area contributed by atoms with Crippen LogP contribution in [0.4, 0.5) is 0 Å². The first kappa shape index (κ1) is 13.3. The fourth-order valence-electron chi connectivity index (χ4n) is 3.02. The summed E-state index contributed by atoms with van der Waals surface area (Å²) in [4.78, 5) is 11.3. The Morgan fingerprint density at radius 3 is 2.74 bits per heavy atom. The number of aliphatic hydroxyl groups is 1. The lowest BCUT2D eigenvalue weighted by atomic mass is 9.88. The van der Waals surface area contributed by atoms with Gasteiger partial charge in [0, 0.05) is 6.92 Å². The molecule has 3 heterocycles. The van der Waals surface area contributed by atoms with Crippen molar-refractivity contribution in [2.24, 2.45) is 0 Å². The topological polar surface area (TPSA) is 86.3 Å². The van der Waals surface area contributed by atoms with Crippen molar-refractivity contribution in [2.75, 3.05) is 13.2 Å². The minimum absolute atomic E-state index is 0.187. The lowest BCUT2D eigenvalue weighted by molar-refractivity contribution is -0.208. The fraction of sp³-hybridized carbons (Fsp3) is 0.917. The van der Waals surface area contributed by atoms with Crippen LogP contribution in [0.3, 0.4) is 0 Å². The average molecular weight is 273 g/mol. The molecule has 2 bridgehead atoms. The summed E-state index contributed by atoms with van der Waals surface area (Å²) in [6, 6.07) is -0.438. The Balaban J connectivity index is 1.92. The molecule has 7 nitrogen and oxygen atoms in total. The lowest BCUT2D eigenvalue weighted by Gasteiger charge is -2.41. The highest BCUT2D eigenvalue weighted by Gasteiger charge is 2.65. The number of ether oxygens (including phenoxy) is 4. The highest BCUT2D eigenvalue weighted by atomic mass is 16.8. The van der Waals surface area contributed by atoms with Gasteiger partial charge in [-0.3, -0.25) is 4.79 Å². The molecule has 108 valence electrons. The Labute approximate surface area is 111 Å². The van der Waals surface area contributed by atoms with E-state index in [1.54, 1.807) is 13.8 Å². The van der Waals surface area contributed by atoms with Gasteiger partial charge in [0.1, 0.15) is 23.9 Å². The van der Waals surface area contributed by atoms with Crippen molar-refractivity contribution < 1.29 is 28.8 Å². The Morgan fingerprint density at radius 1 is 1.37 bits per heavy atom. The lowest BCUT2D eigenvalue weighted by Crippen LogP contribution is -2.65. The summed E-state index contributed by atoms with van der Waals surface area (Å²) in [5.74, 6) is -0.963. The van der Waals surface area contributed by atoms with E-state index in [4.69, 9.17) is 18.9 Å². The Hall–Kier alpha value is -0.730. The molecule has 1 amide bonds. The van der Waals surface area contributed by atoms with Crippen molar-refractivity contribution in [1.82, 2.24) is 5.32 Å². The van der Waals surface area contributed by atoms with Gasteiger partial charge in [-0.25, -0.2) is 0 Å². The SMILES string of the molecule is CC(=O)NC1C2OC[C@](CO)(O2)C2OC(C)(C)OC12. The third-order valence-electron chi connectivity index (χ3n) is 3.78. The third-order valence-corrected chi connectivity index (χ3v) is 3.78. The van der Waals surface area contributed by atoms with E-state index in [0.717, 1.165) is 0 Å². The van der Waals surface area contributed by atoms with Crippen LogP contribution >= 0.6 is 0 Å². The maximum Gasteiger partial charge on any atom is 0.217 e. The van der Waals surface area contributed by atoms with Crippen LogP contribution in [0.2, 0.25) is 0 Å². The number of amides is 1. The standard InChI is InChI=1S/C12H19NO6/c1-6(15)13-7-8-9(18-11(2,3)17-8)12(4-14)5-16-10(7)19-12/h7-10,14H,4-5H2,1-3H3,(H,13,15)/t7?,8?,9?,10?,12-/m0/s1. The van der Waals surface area contributed by atoms with Gasteiger partial charge in [-0.1, -0.05) is 0 Å². The summed E-state index contributed by atoms with van der Waals surface area (Å²) in [6.45, 7) is 5.05. The molecular weight excluding hydrogens is 254 g/mol. The molecule has 4 unspecified atom stereocenters. The van der Waals surface area contributed by atoms with Crippen LogP contribution < -0.4 is 5.32 Å². The van der Waals surface area contributed by atoms with Crippen molar-refractivity contribution in [3.63, 3.8) is 0 Å². The first-order valence-electron chi connectivity index (χ1n) is 6.40. The number of rotatable bonds is 2. The van der Waals surface area contributed by atoms with E-state index >= 15 is 0 Å². The summed E-state index contributed by atoms with van der Waals surface area (Å²) in [5.41, 5.74) is -0.905. The number of fused-ring (bicyclic) bond motifs is 4. The largest absolute Gasteiger partial charge is 0.393 e. The van der Waals surface area contributed by atoms with E-state index in [1.807, 2.05) is 0 Å². The third kappa shape index (κ3) is 1.96. The maximum absolute atomic E-state index is 11.3. The van der Waals surface area contributed by atoms with E-state index < -0.39 is 35.9 Å². The van der Waals surface area contributed by atoms with Crippen molar-refractivity contribution in [1.29, 1.82) is 0 Å². The van der Waals surface area contributed by atoms with E-state index in [1.165, 1.54) is 6.92 Å². The summed E-state index contributed by atoms with van der Waals surface area (Å²) in [5, 5.41) is 12.4. The smallest absolute Gasteiger partial charge is 0.217 e. The number of carbonyl (C=O) groups excluding carboxylic acids is 1. The molecule has 0 aromatic rings. The Kier molecular flexibility index (Phi) is 2.88. The molecular formula is C12H19NO6. The Morgan fingerprint density at radius 2 is 2.11 bits per heavy atom. The van der Waals surface area contributed by atoms with Crippen LogP contribution in [0, 0.1) is 0 Å². The minimum atomic E-state index is -0.905. The van der Waals surface area contributed by atoms with Gasteiger partial charge in [-0.2, -0.15) is 0 Å². The van der Waals surface area contributed by atoms with Crippen LogP contribution in [0.15, 0.2) is 0 Å². The molecule has 3 aliphatic heterocycles. The molecule has 3 rings (SSSR count). The number of aliphatic hydroxyl groups excluding tert-OH is 1. The van der Waals surface area contributed by atoms with E-state index in [-0.39, 0.29) is 19.1 Å². The highest BCUT2D eigenvalue weighted by molar-refractivity contribution is 5.73. The van der Waals surface area contributed by atoms with Gasteiger partial charge in [0.25, 0.3) is 0 Å². The maximum atomic E-state index is 11.3. The predicted octanol–water partition coefficient (Wildman–Crippen LogP) is -0.871. The van der Waals surface area contributed by atoms with E-state index in [2.05, 4.69) is 5.32 Å². The number of hydrogen-bond donors (Lipinski definition) is 2. The van der Waals surface area contributed by atoms with Crippen molar-refractivity contribution >= 4 is 5.91 Å². The van der Waals surface area contributed by atoms with Gasteiger partial charge in [0.15, 0.2) is 12.1 Å². The number of hydrogen-bond acceptors (Lipinski definition) is 6. The normalized spacial score (nSPS) is 46.9. The Bertz CT molecular complexity index is 400. The van der Waals surface area contributed by atoms with Crippen molar-refractivity contribution in [2.45, 2.75) is 56.7 Å². The molecule has 7 heteroatoms. The molecule has 2 N–H and O–H groups in total. The quantitative estimate of drug-likeness (QED) is 0.680. The second-order valence-electron chi connectivity index (χ2n) is 5.77. The van der Waals surface area contributed by atoms with Gasteiger partial charge < -0.3 is 29.4 Å². The monoisotopic (exact) mass is 273 g/mol. The molecule has 3 saturated heterocycles. The minimum Gasteiger partial charge on any atom is -0.393 e. The molecule has 0 aromatic heterocycles. The molecule has 0 radical (unpaired) electrons. The molecule has 3 aliphatic rings. The number of nitrogens with one attached hydrogen (secondary N) is 1. The zero-order valence-electron chi connectivity index (χ0n) is 11.2. The van der Waals surface area contributed by atoms with E-state index in [9.17, 15) is 9.90 Å². The van der Waals surface area contributed by atoms with Crippen LogP contribution in [0.5, 0.6) is 0 Å². The molecule has 19 heavy (non-hydrogen) atoms. The summed E-state index contributed by atoms with van der Waals surface area (Å²) >= 11 is 0. The van der Waals surface area contributed by atoms with Gasteiger partial charge in [0.2, 0.25) is 5.91 Å². The molecule has 0 spiro atoms. The van der Waals surface area contributed by atoms with Crippen molar-refractivity contribution in [3.05, 3.63) is 0 Å². The molecule has 0 saturated carbocycles. The number of carbonyl (C=O) groups is 1. The second kappa shape index (κ2) is 4.13. The predicted molar refractivity (Wildman–Crippen MR) is 62.1 cm³/mol. The molecule has 0 aromatic carbocycles. The highest BCUT2D eigenvalue weighted by Crippen LogP contribution is 2.45. The van der Waals surface area contributed by atoms with Crippen molar-refractivity contribution in [3.8, 4) is 0 Å². The zero-order chi connectivity index (χ0) is 13.8. The first-order chi connectivity index (χ1) is 8.87. The zero-order valence-corrected chi connectivity index (χ0v) is 11.2. The average Bonchev–Trinajstić information content (AvgIpc) is 2.85. The van der Waals surface area contributed by atoms with Gasteiger partial charge in [-0.05, 0) is 13.8 Å². The molecule has 0 aliphatic carbocycles. The molecule has 5 atom stereocenters. The summed E-state index contributed by atoms with van der Waals surface area (Å²) in [7, 11) is 0. The molecule has 3 fully saturated rings. The van der Waals surface area contributed by atoms with Gasteiger partial charge >= 0.3 is 0 Å². The van der Waals surface area contributed by atoms with E-state index in [0.29, 0.717) is 0 Å². The van der Waals surface area contributed by atoms with Crippen LogP contribution in [0.1, 0.15) is 20.8 Å². The van der Waals surface area contributed by atoms with Crippen LogP contribution in [0.25, 0.3) is 0 Å². The van der Waals surface area contributed by atoms with Crippen LogP contribution in [-0.2, 0) is 23.7 Å². The van der Waals surface area contributed by atoms with Gasteiger partial charge in [-0.15, -0.1) is 0 Å². The second-order valence-corrected chi connectivity index (χ2v) is 5.77. The summed E-state index contributed by atoms with van der Waals surface area (Å²) < 4.78 is 23.0.